The maximum absolute atomic E-state index is 11.8. The number of hydrogen-bond acceptors (Lipinski definition) is 5. The molecule has 2 saturated heterocycles. The van der Waals surface area contributed by atoms with Crippen molar-refractivity contribution in [2.24, 2.45) is 5.92 Å². The number of nitrogens with zero attached hydrogens (tertiary/aromatic N) is 2. The van der Waals surface area contributed by atoms with E-state index >= 15 is 0 Å². The van der Waals surface area contributed by atoms with Crippen LogP contribution in [0, 0.1) is 5.92 Å². The van der Waals surface area contributed by atoms with E-state index in [9.17, 15) is 8.42 Å². The number of rotatable bonds is 4. The summed E-state index contributed by atoms with van der Waals surface area (Å²) in [5.41, 5.74) is 1.20. The van der Waals surface area contributed by atoms with Crippen LogP contribution in [-0.2, 0) is 21.3 Å². The lowest BCUT2D eigenvalue weighted by Gasteiger charge is -2.21. The first-order valence-corrected chi connectivity index (χ1v) is 9.72. The van der Waals surface area contributed by atoms with Crippen molar-refractivity contribution in [1.29, 1.82) is 0 Å². The van der Waals surface area contributed by atoms with Gasteiger partial charge in [-0.15, -0.1) is 0 Å². The Hall–Kier alpha value is -1.15. The van der Waals surface area contributed by atoms with Crippen LogP contribution in [-0.4, -0.2) is 69.9 Å². The standard InChI is InChI=1S/C16H24N2O4S/c1-21-15-5-3-4-13(8-15)9-17-10-14-11-18(23(2,19)20)6-7-22-16(14)12-17/h3-5,8,14,16H,6-7,9-12H2,1-2H3/t14-,16-/m0/s1. The molecule has 2 fully saturated rings. The molecule has 7 heteroatoms. The SMILES string of the molecule is COc1cccc(CN2C[C@H]3CN(S(C)(=O)=O)CCO[C@H]3C2)c1. The first-order valence-electron chi connectivity index (χ1n) is 7.88. The van der Waals surface area contributed by atoms with E-state index in [0.717, 1.165) is 25.4 Å². The molecule has 0 unspecified atom stereocenters. The predicted molar refractivity (Wildman–Crippen MR) is 87.9 cm³/mol. The van der Waals surface area contributed by atoms with Crippen molar-refractivity contribution in [2.75, 3.05) is 46.2 Å². The summed E-state index contributed by atoms with van der Waals surface area (Å²) in [4.78, 5) is 2.33. The van der Waals surface area contributed by atoms with Gasteiger partial charge in [-0.05, 0) is 17.7 Å². The first-order chi connectivity index (χ1) is 11.0. The zero-order valence-corrected chi connectivity index (χ0v) is 14.5. The number of sulfonamides is 1. The number of benzene rings is 1. The van der Waals surface area contributed by atoms with Crippen LogP contribution in [0.4, 0.5) is 0 Å². The number of methoxy groups -OCH3 is 1. The maximum Gasteiger partial charge on any atom is 0.211 e. The minimum Gasteiger partial charge on any atom is -0.497 e. The van der Waals surface area contributed by atoms with Gasteiger partial charge in [-0.1, -0.05) is 12.1 Å². The topological polar surface area (TPSA) is 59.1 Å². The molecule has 0 saturated carbocycles. The third kappa shape index (κ3) is 4.03. The highest BCUT2D eigenvalue weighted by Gasteiger charge is 2.38. The highest BCUT2D eigenvalue weighted by molar-refractivity contribution is 7.88. The van der Waals surface area contributed by atoms with Crippen LogP contribution in [0.5, 0.6) is 5.75 Å². The molecule has 2 heterocycles. The number of likely N-dealkylation sites (tertiary alicyclic amines) is 1. The molecule has 0 aliphatic carbocycles. The number of fused-ring (bicyclic) bond motifs is 1. The van der Waals surface area contributed by atoms with E-state index in [1.165, 1.54) is 11.8 Å². The summed E-state index contributed by atoms with van der Waals surface area (Å²) in [7, 11) is -1.49. The lowest BCUT2D eigenvalue weighted by atomic mass is 10.1. The fourth-order valence-corrected chi connectivity index (χ4v) is 4.28. The Bertz CT molecular complexity index is 649. The van der Waals surface area contributed by atoms with E-state index in [0.29, 0.717) is 19.7 Å². The van der Waals surface area contributed by atoms with Crippen LogP contribution in [0.3, 0.4) is 0 Å². The fourth-order valence-electron chi connectivity index (χ4n) is 3.41. The van der Waals surface area contributed by atoms with Gasteiger partial charge in [0.25, 0.3) is 0 Å². The summed E-state index contributed by atoms with van der Waals surface area (Å²) >= 11 is 0. The van der Waals surface area contributed by atoms with Crippen molar-refractivity contribution in [3.63, 3.8) is 0 Å². The van der Waals surface area contributed by atoms with Crippen LogP contribution in [0.1, 0.15) is 5.56 Å². The van der Waals surface area contributed by atoms with Crippen molar-refractivity contribution >= 4 is 10.0 Å². The van der Waals surface area contributed by atoms with Gasteiger partial charge in [0.2, 0.25) is 10.0 Å². The zero-order chi connectivity index (χ0) is 16.4. The van der Waals surface area contributed by atoms with E-state index in [1.807, 2.05) is 18.2 Å². The van der Waals surface area contributed by atoms with Gasteiger partial charge in [0, 0.05) is 38.6 Å². The van der Waals surface area contributed by atoms with E-state index in [-0.39, 0.29) is 12.0 Å². The van der Waals surface area contributed by atoms with Gasteiger partial charge in [0.15, 0.2) is 0 Å². The molecule has 0 N–H and O–H groups in total. The minimum atomic E-state index is -3.15. The predicted octanol–water partition coefficient (Wildman–Crippen LogP) is 0.787. The molecule has 3 rings (SSSR count). The lowest BCUT2D eigenvalue weighted by molar-refractivity contribution is 0.0518. The molecule has 0 aromatic heterocycles. The molecular formula is C16H24N2O4S. The van der Waals surface area contributed by atoms with Gasteiger partial charge in [0.05, 0.1) is 26.1 Å². The second-order valence-electron chi connectivity index (χ2n) is 6.34. The average Bonchev–Trinajstić information content (AvgIpc) is 2.75. The Morgan fingerprint density at radius 1 is 1.30 bits per heavy atom. The second-order valence-corrected chi connectivity index (χ2v) is 8.32. The summed E-state index contributed by atoms with van der Waals surface area (Å²) in [5.74, 6) is 1.09. The number of ether oxygens (including phenoxy) is 2. The van der Waals surface area contributed by atoms with Crippen LogP contribution >= 0.6 is 0 Å². The fraction of sp³-hybridized carbons (Fsp3) is 0.625. The minimum absolute atomic E-state index is 0.118. The maximum atomic E-state index is 11.8. The van der Waals surface area contributed by atoms with Crippen LogP contribution in [0.2, 0.25) is 0 Å². The Kier molecular flexibility index (Phi) is 4.91. The smallest absolute Gasteiger partial charge is 0.211 e. The molecule has 23 heavy (non-hydrogen) atoms. The number of hydrogen-bond donors (Lipinski definition) is 0. The molecule has 128 valence electrons. The summed E-state index contributed by atoms with van der Waals surface area (Å²) in [6.45, 7) is 4.01. The Morgan fingerprint density at radius 2 is 2.13 bits per heavy atom. The van der Waals surface area contributed by atoms with Gasteiger partial charge in [0.1, 0.15) is 5.75 Å². The Morgan fingerprint density at radius 3 is 2.87 bits per heavy atom. The van der Waals surface area contributed by atoms with Gasteiger partial charge in [-0.3, -0.25) is 4.90 Å². The molecule has 0 bridgehead atoms. The summed E-state index contributed by atoms with van der Waals surface area (Å²) < 4.78 is 36.3. The van der Waals surface area contributed by atoms with Crippen molar-refractivity contribution in [2.45, 2.75) is 12.6 Å². The molecule has 2 atom stereocenters. The molecular weight excluding hydrogens is 316 g/mol. The van der Waals surface area contributed by atoms with Crippen molar-refractivity contribution in [3.05, 3.63) is 29.8 Å². The van der Waals surface area contributed by atoms with Gasteiger partial charge in [-0.25, -0.2) is 8.42 Å². The quantitative estimate of drug-likeness (QED) is 0.811. The monoisotopic (exact) mass is 340 g/mol. The summed E-state index contributed by atoms with van der Waals surface area (Å²) in [6.07, 6.45) is 1.39. The van der Waals surface area contributed by atoms with E-state index < -0.39 is 10.0 Å². The molecule has 0 radical (unpaired) electrons. The Labute approximate surface area is 138 Å². The molecule has 1 aromatic rings. The lowest BCUT2D eigenvalue weighted by Crippen LogP contribution is -2.36. The Balaban J connectivity index is 1.65. The van der Waals surface area contributed by atoms with Gasteiger partial charge >= 0.3 is 0 Å². The largest absolute Gasteiger partial charge is 0.497 e. The third-order valence-electron chi connectivity index (χ3n) is 4.58. The van der Waals surface area contributed by atoms with Crippen LogP contribution < -0.4 is 4.74 Å². The van der Waals surface area contributed by atoms with Crippen LogP contribution in [0.25, 0.3) is 0 Å². The van der Waals surface area contributed by atoms with E-state index in [4.69, 9.17) is 9.47 Å². The molecule has 2 aliphatic rings. The molecule has 0 spiro atoms. The molecule has 0 amide bonds. The first kappa shape index (κ1) is 16.7. The van der Waals surface area contributed by atoms with E-state index in [1.54, 1.807) is 11.4 Å². The second kappa shape index (κ2) is 6.76. The third-order valence-corrected chi connectivity index (χ3v) is 5.85. The molecule has 2 aliphatic heterocycles. The zero-order valence-electron chi connectivity index (χ0n) is 13.6. The van der Waals surface area contributed by atoms with Gasteiger partial charge < -0.3 is 9.47 Å². The highest BCUT2D eigenvalue weighted by Crippen LogP contribution is 2.26. The van der Waals surface area contributed by atoms with Crippen molar-refractivity contribution < 1.29 is 17.9 Å². The highest BCUT2D eigenvalue weighted by atomic mass is 32.2. The normalized spacial score (nSPS) is 26.7. The van der Waals surface area contributed by atoms with E-state index in [2.05, 4.69) is 11.0 Å². The summed E-state index contributed by atoms with van der Waals surface area (Å²) in [5, 5.41) is 0. The average molecular weight is 340 g/mol. The van der Waals surface area contributed by atoms with Crippen LogP contribution in [0.15, 0.2) is 24.3 Å². The van der Waals surface area contributed by atoms with Crippen molar-refractivity contribution in [3.8, 4) is 5.75 Å². The molecule has 1 aromatic carbocycles. The summed E-state index contributed by atoms with van der Waals surface area (Å²) in [6, 6.07) is 8.05. The van der Waals surface area contributed by atoms with Gasteiger partial charge in [-0.2, -0.15) is 4.31 Å². The van der Waals surface area contributed by atoms with Crippen molar-refractivity contribution in [1.82, 2.24) is 9.21 Å². The molecule has 6 nitrogen and oxygen atoms in total.